The highest BCUT2D eigenvalue weighted by Gasteiger charge is 2.40. The van der Waals surface area contributed by atoms with Crippen LogP contribution in [0.2, 0.25) is 0 Å². The zero-order valence-corrected chi connectivity index (χ0v) is 10.1. The topological polar surface area (TPSA) is 41.6 Å². The molecule has 4 nitrogen and oxygen atoms in total. The molecule has 1 saturated carbocycles. The van der Waals surface area contributed by atoms with E-state index in [1.165, 1.54) is 6.42 Å². The fourth-order valence-corrected chi connectivity index (χ4v) is 2.80. The molecule has 16 heavy (non-hydrogen) atoms. The molecule has 1 saturated heterocycles. The van der Waals surface area contributed by atoms with Crippen molar-refractivity contribution in [3.05, 3.63) is 0 Å². The Morgan fingerprint density at radius 2 is 1.81 bits per heavy atom. The van der Waals surface area contributed by atoms with Gasteiger partial charge in [0.25, 0.3) is 0 Å². The SMILES string of the molecule is CNC1(C(=O)N2CCOCC2)CCCCC1. The molecule has 4 heteroatoms. The summed E-state index contributed by atoms with van der Waals surface area (Å²) in [6.45, 7) is 2.88. The maximum absolute atomic E-state index is 12.5. The average molecular weight is 226 g/mol. The smallest absolute Gasteiger partial charge is 0.243 e. The summed E-state index contributed by atoms with van der Waals surface area (Å²) in [4.78, 5) is 14.5. The molecular weight excluding hydrogens is 204 g/mol. The summed E-state index contributed by atoms with van der Waals surface area (Å²) in [5, 5.41) is 3.28. The van der Waals surface area contributed by atoms with Crippen molar-refractivity contribution in [2.75, 3.05) is 33.4 Å². The lowest BCUT2D eigenvalue weighted by Crippen LogP contribution is -2.59. The number of rotatable bonds is 2. The summed E-state index contributed by atoms with van der Waals surface area (Å²) in [6, 6.07) is 0. The van der Waals surface area contributed by atoms with Crippen LogP contribution in [-0.4, -0.2) is 49.7 Å². The lowest BCUT2D eigenvalue weighted by atomic mass is 9.80. The first-order chi connectivity index (χ1) is 7.78. The van der Waals surface area contributed by atoms with E-state index in [4.69, 9.17) is 4.74 Å². The second kappa shape index (κ2) is 5.15. The average Bonchev–Trinajstić information content (AvgIpc) is 2.39. The molecule has 0 spiro atoms. The number of amides is 1. The van der Waals surface area contributed by atoms with Gasteiger partial charge in [0.05, 0.1) is 18.8 Å². The molecule has 1 aliphatic heterocycles. The summed E-state index contributed by atoms with van der Waals surface area (Å²) in [6.07, 6.45) is 5.56. The van der Waals surface area contributed by atoms with E-state index < -0.39 is 0 Å². The molecule has 0 aromatic heterocycles. The Labute approximate surface area is 97.3 Å². The van der Waals surface area contributed by atoms with E-state index >= 15 is 0 Å². The molecule has 0 bridgehead atoms. The van der Waals surface area contributed by atoms with Crippen molar-refractivity contribution in [3.8, 4) is 0 Å². The molecule has 0 aromatic rings. The van der Waals surface area contributed by atoms with Crippen molar-refractivity contribution < 1.29 is 9.53 Å². The van der Waals surface area contributed by atoms with E-state index in [1.807, 2.05) is 11.9 Å². The van der Waals surface area contributed by atoms with Crippen molar-refractivity contribution in [3.63, 3.8) is 0 Å². The van der Waals surface area contributed by atoms with E-state index in [1.54, 1.807) is 0 Å². The van der Waals surface area contributed by atoms with Gasteiger partial charge >= 0.3 is 0 Å². The molecule has 2 rings (SSSR count). The molecular formula is C12H22N2O2. The fraction of sp³-hybridized carbons (Fsp3) is 0.917. The number of likely N-dealkylation sites (N-methyl/N-ethyl adjacent to an activating group) is 1. The van der Waals surface area contributed by atoms with Gasteiger partial charge in [0.1, 0.15) is 0 Å². The Kier molecular flexibility index (Phi) is 3.82. The monoisotopic (exact) mass is 226 g/mol. The number of hydrogen-bond donors (Lipinski definition) is 1. The lowest BCUT2D eigenvalue weighted by Gasteiger charge is -2.40. The number of hydrogen-bond acceptors (Lipinski definition) is 3. The number of carbonyl (C=O) groups excluding carboxylic acids is 1. The fourth-order valence-electron chi connectivity index (χ4n) is 2.80. The van der Waals surface area contributed by atoms with E-state index in [0.717, 1.165) is 38.8 Å². The van der Waals surface area contributed by atoms with Gasteiger partial charge in [-0.25, -0.2) is 0 Å². The van der Waals surface area contributed by atoms with Crippen molar-refractivity contribution in [1.29, 1.82) is 0 Å². The lowest BCUT2D eigenvalue weighted by molar-refractivity contribution is -0.143. The van der Waals surface area contributed by atoms with Crippen LogP contribution in [0.25, 0.3) is 0 Å². The Morgan fingerprint density at radius 3 is 2.38 bits per heavy atom. The van der Waals surface area contributed by atoms with E-state index in [0.29, 0.717) is 13.2 Å². The molecule has 1 N–H and O–H groups in total. The Balaban J connectivity index is 2.04. The van der Waals surface area contributed by atoms with Crippen LogP contribution in [0.1, 0.15) is 32.1 Å². The van der Waals surface area contributed by atoms with Crippen LogP contribution in [0.15, 0.2) is 0 Å². The minimum Gasteiger partial charge on any atom is -0.378 e. The molecule has 92 valence electrons. The number of carbonyl (C=O) groups is 1. The predicted octanol–water partition coefficient (Wildman–Crippen LogP) is 0.767. The zero-order valence-electron chi connectivity index (χ0n) is 10.1. The molecule has 0 aromatic carbocycles. The Hall–Kier alpha value is -0.610. The van der Waals surface area contributed by atoms with Gasteiger partial charge in [-0.3, -0.25) is 4.79 Å². The third-order valence-corrected chi connectivity index (χ3v) is 3.89. The molecule has 0 unspecified atom stereocenters. The zero-order chi connectivity index (χ0) is 11.4. The molecule has 1 aliphatic carbocycles. The Bertz CT molecular complexity index is 243. The molecule has 2 fully saturated rings. The van der Waals surface area contributed by atoms with Crippen molar-refractivity contribution in [2.24, 2.45) is 0 Å². The Morgan fingerprint density at radius 1 is 1.19 bits per heavy atom. The summed E-state index contributed by atoms with van der Waals surface area (Å²) in [5.41, 5.74) is -0.282. The molecule has 1 amide bonds. The quantitative estimate of drug-likeness (QED) is 0.756. The van der Waals surface area contributed by atoms with Crippen LogP contribution >= 0.6 is 0 Å². The number of morpholine rings is 1. The van der Waals surface area contributed by atoms with Gasteiger partial charge in [0, 0.05) is 13.1 Å². The number of nitrogens with one attached hydrogen (secondary N) is 1. The minimum atomic E-state index is -0.282. The second-order valence-corrected chi connectivity index (χ2v) is 4.80. The molecule has 0 atom stereocenters. The van der Waals surface area contributed by atoms with Gasteiger partial charge in [-0.05, 0) is 19.9 Å². The third-order valence-electron chi connectivity index (χ3n) is 3.89. The van der Waals surface area contributed by atoms with E-state index in [2.05, 4.69) is 5.32 Å². The van der Waals surface area contributed by atoms with Crippen molar-refractivity contribution >= 4 is 5.91 Å². The van der Waals surface area contributed by atoms with Gasteiger partial charge in [-0.15, -0.1) is 0 Å². The highest BCUT2D eigenvalue weighted by atomic mass is 16.5. The first kappa shape index (κ1) is 11.9. The van der Waals surface area contributed by atoms with Crippen molar-refractivity contribution in [1.82, 2.24) is 10.2 Å². The van der Waals surface area contributed by atoms with Gasteiger partial charge < -0.3 is 15.0 Å². The maximum atomic E-state index is 12.5. The van der Waals surface area contributed by atoms with Gasteiger partial charge in [0.15, 0.2) is 0 Å². The third kappa shape index (κ3) is 2.23. The van der Waals surface area contributed by atoms with Gasteiger partial charge in [-0.1, -0.05) is 19.3 Å². The van der Waals surface area contributed by atoms with Crippen LogP contribution in [0.5, 0.6) is 0 Å². The molecule has 2 aliphatic rings. The largest absolute Gasteiger partial charge is 0.378 e. The van der Waals surface area contributed by atoms with Crippen LogP contribution in [0.4, 0.5) is 0 Å². The van der Waals surface area contributed by atoms with Crippen LogP contribution in [0.3, 0.4) is 0 Å². The maximum Gasteiger partial charge on any atom is 0.243 e. The predicted molar refractivity (Wildman–Crippen MR) is 62.3 cm³/mol. The van der Waals surface area contributed by atoms with Crippen LogP contribution in [-0.2, 0) is 9.53 Å². The van der Waals surface area contributed by atoms with Gasteiger partial charge in [-0.2, -0.15) is 0 Å². The second-order valence-electron chi connectivity index (χ2n) is 4.80. The first-order valence-corrected chi connectivity index (χ1v) is 6.34. The van der Waals surface area contributed by atoms with Crippen LogP contribution in [0, 0.1) is 0 Å². The normalized spacial score (nSPS) is 25.4. The highest BCUT2D eigenvalue weighted by Crippen LogP contribution is 2.29. The standard InChI is InChI=1S/C12H22N2O2/c1-13-12(5-3-2-4-6-12)11(15)14-7-9-16-10-8-14/h13H,2-10H2,1H3. The summed E-state index contributed by atoms with van der Waals surface area (Å²) >= 11 is 0. The summed E-state index contributed by atoms with van der Waals surface area (Å²) in [5.74, 6) is 0.290. The summed E-state index contributed by atoms with van der Waals surface area (Å²) < 4.78 is 5.29. The number of ether oxygens (including phenoxy) is 1. The molecule has 1 heterocycles. The summed E-state index contributed by atoms with van der Waals surface area (Å²) in [7, 11) is 1.92. The minimum absolute atomic E-state index is 0.282. The van der Waals surface area contributed by atoms with E-state index in [-0.39, 0.29) is 11.4 Å². The van der Waals surface area contributed by atoms with Crippen LogP contribution < -0.4 is 5.32 Å². The highest BCUT2D eigenvalue weighted by molar-refractivity contribution is 5.86. The first-order valence-electron chi connectivity index (χ1n) is 6.34. The van der Waals surface area contributed by atoms with Gasteiger partial charge in [0.2, 0.25) is 5.91 Å². The van der Waals surface area contributed by atoms with E-state index in [9.17, 15) is 4.79 Å². The van der Waals surface area contributed by atoms with Crippen molar-refractivity contribution in [2.45, 2.75) is 37.6 Å². The number of nitrogens with zero attached hydrogens (tertiary/aromatic N) is 1. The molecule has 0 radical (unpaired) electrons.